The van der Waals surface area contributed by atoms with Crippen molar-refractivity contribution in [3.8, 4) is 0 Å². The van der Waals surface area contributed by atoms with E-state index in [1.807, 2.05) is 67.5 Å². The molecule has 0 aromatic heterocycles. The van der Waals surface area contributed by atoms with Gasteiger partial charge >= 0.3 is 12.1 Å². The number of amides is 1. The summed E-state index contributed by atoms with van der Waals surface area (Å²) in [5.74, 6) is -0.379. The predicted molar refractivity (Wildman–Crippen MR) is 122 cm³/mol. The van der Waals surface area contributed by atoms with E-state index in [0.717, 1.165) is 11.8 Å². The number of esters is 1. The molecular weight excluding hydrogens is 394 g/mol. The standard InChI is InChI=1S/C25H39NO5/c1-18(13-14-26(9)22(29)31-24(5,6)7)25(8,21(28)30-23(2,3)4)16-19-11-10-12-20(15-19)17-27/h10-12,15,17-18H,13-14,16H2,1-9H3/t18-,25?/m1/s1. The van der Waals surface area contributed by atoms with Crippen LogP contribution in [-0.2, 0) is 20.7 Å². The average molecular weight is 434 g/mol. The molecule has 0 aliphatic carbocycles. The second-order valence-corrected chi connectivity index (χ2v) is 10.6. The average Bonchev–Trinajstić information content (AvgIpc) is 2.62. The number of rotatable bonds is 8. The molecule has 1 aromatic rings. The smallest absolute Gasteiger partial charge is 0.410 e. The first-order chi connectivity index (χ1) is 14.1. The molecule has 0 radical (unpaired) electrons. The fourth-order valence-electron chi connectivity index (χ4n) is 3.18. The van der Waals surface area contributed by atoms with Gasteiger partial charge in [-0.1, -0.05) is 25.1 Å². The van der Waals surface area contributed by atoms with Gasteiger partial charge in [-0.15, -0.1) is 0 Å². The van der Waals surface area contributed by atoms with Crippen LogP contribution in [0.2, 0.25) is 0 Å². The van der Waals surface area contributed by atoms with Crippen LogP contribution in [-0.4, -0.2) is 48.0 Å². The zero-order valence-electron chi connectivity index (χ0n) is 20.6. The summed E-state index contributed by atoms with van der Waals surface area (Å²) in [6.07, 6.45) is 1.44. The van der Waals surface area contributed by atoms with Crippen LogP contribution in [0, 0.1) is 11.3 Å². The Kier molecular flexibility index (Phi) is 8.85. The van der Waals surface area contributed by atoms with Gasteiger partial charge in [0, 0.05) is 19.2 Å². The van der Waals surface area contributed by atoms with Gasteiger partial charge in [0.25, 0.3) is 0 Å². The van der Waals surface area contributed by atoms with Crippen LogP contribution in [0.1, 0.15) is 77.7 Å². The van der Waals surface area contributed by atoms with Gasteiger partial charge in [-0.3, -0.25) is 9.59 Å². The molecule has 0 spiro atoms. The molecule has 2 atom stereocenters. The lowest BCUT2D eigenvalue weighted by Crippen LogP contribution is -2.43. The van der Waals surface area contributed by atoms with E-state index in [4.69, 9.17) is 9.47 Å². The maximum absolute atomic E-state index is 13.3. The minimum atomic E-state index is -0.830. The highest BCUT2D eigenvalue weighted by molar-refractivity contribution is 5.78. The van der Waals surface area contributed by atoms with Crippen molar-refractivity contribution in [2.45, 2.75) is 79.4 Å². The van der Waals surface area contributed by atoms with Gasteiger partial charge in [-0.05, 0) is 78.9 Å². The number of carbonyl (C=O) groups excluding carboxylic acids is 3. The highest BCUT2D eigenvalue weighted by Gasteiger charge is 2.42. The minimum Gasteiger partial charge on any atom is -0.460 e. The fourth-order valence-corrected chi connectivity index (χ4v) is 3.18. The van der Waals surface area contributed by atoms with Crippen molar-refractivity contribution in [3.63, 3.8) is 0 Å². The number of aldehydes is 1. The Labute approximate surface area is 187 Å². The third-order valence-corrected chi connectivity index (χ3v) is 5.21. The van der Waals surface area contributed by atoms with Gasteiger partial charge in [-0.2, -0.15) is 0 Å². The van der Waals surface area contributed by atoms with Crippen molar-refractivity contribution < 1.29 is 23.9 Å². The predicted octanol–water partition coefficient (Wildman–Crippen LogP) is 5.28. The molecule has 0 fully saturated rings. The topological polar surface area (TPSA) is 72.9 Å². The first kappa shape index (κ1) is 26.7. The number of benzene rings is 1. The summed E-state index contributed by atoms with van der Waals surface area (Å²) in [6.45, 7) is 15.4. The Balaban J connectivity index is 3.05. The van der Waals surface area contributed by atoms with Crippen molar-refractivity contribution in [1.82, 2.24) is 4.90 Å². The van der Waals surface area contributed by atoms with Crippen molar-refractivity contribution in [2.24, 2.45) is 11.3 Å². The molecule has 0 aliphatic rings. The van der Waals surface area contributed by atoms with Crippen LogP contribution in [0.5, 0.6) is 0 Å². The molecule has 174 valence electrons. The summed E-state index contributed by atoms with van der Waals surface area (Å²) in [5.41, 5.74) is -0.544. The van der Waals surface area contributed by atoms with Gasteiger partial charge in [0.05, 0.1) is 5.41 Å². The monoisotopic (exact) mass is 433 g/mol. The molecule has 6 heteroatoms. The van der Waals surface area contributed by atoms with E-state index in [-0.39, 0.29) is 11.9 Å². The molecular formula is C25H39NO5. The van der Waals surface area contributed by atoms with E-state index in [2.05, 4.69) is 0 Å². The Morgan fingerprint density at radius 3 is 2.13 bits per heavy atom. The summed E-state index contributed by atoms with van der Waals surface area (Å²) in [5, 5.41) is 0. The van der Waals surface area contributed by atoms with Crippen molar-refractivity contribution >= 4 is 18.3 Å². The van der Waals surface area contributed by atoms with Crippen LogP contribution < -0.4 is 0 Å². The lowest BCUT2D eigenvalue weighted by Gasteiger charge is -2.37. The summed E-state index contributed by atoms with van der Waals surface area (Å²) < 4.78 is 11.2. The number of hydrogen-bond donors (Lipinski definition) is 0. The molecule has 0 saturated heterocycles. The van der Waals surface area contributed by atoms with Crippen molar-refractivity contribution in [3.05, 3.63) is 35.4 Å². The van der Waals surface area contributed by atoms with Gasteiger partial charge in [0.15, 0.2) is 0 Å². The highest BCUT2D eigenvalue weighted by Crippen LogP contribution is 2.37. The minimum absolute atomic E-state index is 0.0906. The zero-order chi connectivity index (χ0) is 24.0. The third kappa shape index (κ3) is 8.72. The largest absolute Gasteiger partial charge is 0.460 e. The van der Waals surface area contributed by atoms with E-state index < -0.39 is 22.7 Å². The summed E-state index contributed by atoms with van der Waals surface area (Å²) in [4.78, 5) is 38.2. The Hall–Kier alpha value is -2.37. The summed E-state index contributed by atoms with van der Waals surface area (Å²) in [6, 6.07) is 7.26. The van der Waals surface area contributed by atoms with Crippen LogP contribution in [0.4, 0.5) is 4.79 Å². The maximum atomic E-state index is 13.3. The van der Waals surface area contributed by atoms with E-state index in [9.17, 15) is 14.4 Å². The molecule has 1 rings (SSSR count). The molecule has 1 unspecified atom stereocenters. The van der Waals surface area contributed by atoms with Crippen LogP contribution in [0.15, 0.2) is 24.3 Å². The third-order valence-electron chi connectivity index (χ3n) is 5.21. The fraction of sp³-hybridized carbons (Fsp3) is 0.640. The summed E-state index contributed by atoms with van der Waals surface area (Å²) >= 11 is 0. The highest BCUT2D eigenvalue weighted by atomic mass is 16.6. The van der Waals surface area contributed by atoms with Gasteiger partial charge in [0.2, 0.25) is 0 Å². The molecule has 1 amide bonds. The van der Waals surface area contributed by atoms with Crippen LogP contribution >= 0.6 is 0 Å². The number of ether oxygens (including phenoxy) is 2. The quantitative estimate of drug-likeness (QED) is 0.412. The SMILES string of the molecule is C[C@H](CCN(C)C(=O)OC(C)(C)C)C(C)(Cc1cccc(C=O)c1)C(=O)OC(C)(C)C. The van der Waals surface area contributed by atoms with Gasteiger partial charge < -0.3 is 14.4 Å². The molecule has 0 bridgehead atoms. The van der Waals surface area contributed by atoms with Crippen LogP contribution in [0.3, 0.4) is 0 Å². The molecule has 0 saturated carbocycles. The molecule has 0 heterocycles. The molecule has 0 N–H and O–H groups in total. The normalized spacial score (nSPS) is 14.9. The first-order valence-electron chi connectivity index (χ1n) is 10.8. The molecule has 6 nitrogen and oxygen atoms in total. The lowest BCUT2D eigenvalue weighted by molar-refractivity contribution is -0.170. The van der Waals surface area contributed by atoms with E-state index >= 15 is 0 Å². The second kappa shape index (κ2) is 10.3. The first-order valence-corrected chi connectivity index (χ1v) is 10.8. The van der Waals surface area contributed by atoms with E-state index in [1.54, 1.807) is 19.2 Å². The van der Waals surface area contributed by atoms with E-state index in [0.29, 0.717) is 24.9 Å². The van der Waals surface area contributed by atoms with Crippen molar-refractivity contribution in [2.75, 3.05) is 13.6 Å². The van der Waals surface area contributed by atoms with Crippen LogP contribution in [0.25, 0.3) is 0 Å². The lowest BCUT2D eigenvalue weighted by atomic mass is 9.72. The van der Waals surface area contributed by atoms with E-state index in [1.165, 1.54) is 4.90 Å². The van der Waals surface area contributed by atoms with Gasteiger partial charge in [0.1, 0.15) is 17.5 Å². The number of carbonyl (C=O) groups is 3. The Morgan fingerprint density at radius 1 is 1.03 bits per heavy atom. The van der Waals surface area contributed by atoms with Crippen molar-refractivity contribution in [1.29, 1.82) is 0 Å². The Morgan fingerprint density at radius 2 is 1.61 bits per heavy atom. The zero-order valence-corrected chi connectivity index (χ0v) is 20.6. The molecule has 31 heavy (non-hydrogen) atoms. The number of hydrogen-bond acceptors (Lipinski definition) is 5. The molecule has 1 aromatic carbocycles. The second-order valence-electron chi connectivity index (χ2n) is 10.6. The Bertz CT molecular complexity index is 775. The maximum Gasteiger partial charge on any atom is 0.410 e. The summed E-state index contributed by atoms with van der Waals surface area (Å²) in [7, 11) is 1.69. The number of nitrogens with zero attached hydrogens (tertiary/aromatic N) is 1. The van der Waals surface area contributed by atoms with Gasteiger partial charge in [-0.25, -0.2) is 4.79 Å². The molecule has 0 aliphatic heterocycles.